The highest BCUT2D eigenvalue weighted by Crippen LogP contribution is 2.20. The molecule has 0 aliphatic heterocycles. The van der Waals surface area contributed by atoms with Crippen LogP contribution in [0.1, 0.15) is 32.9 Å². The first-order chi connectivity index (χ1) is 16.3. The Balaban J connectivity index is 1.59. The molecule has 1 heterocycles. The highest BCUT2D eigenvalue weighted by molar-refractivity contribution is 6.31. The van der Waals surface area contributed by atoms with Gasteiger partial charge in [0.2, 0.25) is 0 Å². The van der Waals surface area contributed by atoms with Gasteiger partial charge in [0.15, 0.2) is 6.61 Å². The molecule has 0 saturated heterocycles. The maximum Gasteiger partial charge on any atom is 0.339 e. The number of rotatable bonds is 8. The summed E-state index contributed by atoms with van der Waals surface area (Å²) in [6, 6.07) is 13.9. The average molecular weight is 482 g/mol. The van der Waals surface area contributed by atoms with Crippen molar-refractivity contribution in [3.05, 3.63) is 87.7 Å². The van der Waals surface area contributed by atoms with Crippen molar-refractivity contribution < 1.29 is 23.9 Å². The van der Waals surface area contributed by atoms with Crippen molar-refractivity contribution in [3.63, 3.8) is 0 Å². The monoisotopic (exact) mass is 481 g/mol. The second kappa shape index (κ2) is 11.3. The van der Waals surface area contributed by atoms with Crippen LogP contribution in [0.5, 0.6) is 0 Å². The Kier molecular flexibility index (Phi) is 8.21. The predicted octanol–water partition coefficient (Wildman–Crippen LogP) is 4.18. The molecule has 8 nitrogen and oxygen atoms in total. The summed E-state index contributed by atoms with van der Waals surface area (Å²) < 4.78 is 11.5. The normalized spacial score (nSPS) is 10.8. The lowest BCUT2D eigenvalue weighted by Gasteiger charge is -2.09. The number of carbonyl (C=O) groups excluding carboxylic acids is 3. The number of carbonyl (C=O) groups is 3. The first-order valence-corrected chi connectivity index (χ1v) is 10.8. The van der Waals surface area contributed by atoms with E-state index in [4.69, 9.17) is 21.1 Å². The lowest BCUT2D eigenvalue weighted by molar-refractivity contribution is -0.142. The molecule has 0 aliphatic carbocycles. The fraction of sp³-hybridized carbons (Fsp3) is 0.200. The largest absolute Gasteiger partial charge is 0.465 e. The number of methoxy groups -OCH3 is 1. The van der Waals surface area contributed by atoms with E-state index in [1.807, 2.05) is 42.8 Å². The molecule has 0 fully saturated rings. The van der Waals surface area contributed by atoms with E-state index in [0.717, 1.165) is 22.5 Å². The van der Waals surface area contributed by atoms with Crippen LogP contribution in [0.15, 0.2) is 54.6 Å². The van der Waals surface area contributed by atoms with Gasteiger partial charge in [-0.3, -0.25) is 9.48 Å². The van der Waals surface area contributed by atoms with Crippen LogP contribution in [-0.2, 0) is 25.6 Å². The fourth-order valence-corrected chi connectivity index (χ4v) is 3.49. The van der Waals surface area contributed by atoms with Gasteiger partial charge in [-0.15, -0.1) is 0 Å². The van der Waals surface area contributed by atoms with Gasteiger partial charge in [0.25, 0.3) is 5.91 Å². The Morgan fingerprint density at radius 2 is 1.79 bits per heavy atom. The molecule has 176 valence electrons. The van der Waals surface area contributed by atoms with Crippen LogP contribution in [0.3, 0.4) is 0 Å². The number of halogens is 1. The number of benzene rings is 2. The Labute approximate surface area is 202 Å². The van der Waals surface area contributed by atoms with Crippen molar-refractivity contribution in [2.24, 2.45) is 0 Å². The fourth-order valence-electron chi connectivity index (χ4n) is 3.30. The molecule has 1 aromatic heterocycles. The minimum absolute atomic E-state index is 0.198. The molecule has 0 saturated carbocycles. The first kappa shape index (κ1) is 24.7. The van der Waals surface area contributed by atoms with E-state index in [9.17, 15) is 14.4 Å². The van der Waals surface area contributed by atoms with E-state index in [2.05, 4.69) is 10.4 Å². The van der Waals surface area contributed by atoms with E-state index < -0.39 is 24.5 Å². The zero-order chi connectivity index (χ0) is 24.7. The summed E-state index contributed by atoms with van der Waals surface area (Å²) in [5.74, 6) is -1.86. The molecule has 2 aromatic carbocycles. The van der Waals surface area contributed by atoms with Crippen LogP contribution in [0, 0.1) is 13.8 Å². The average Bonchev–Trinajstić information content (AvgIpc) is 3.09. The Morgan fingerprint density at radius 1 is 1.09 bits per heavy atom. The van der Waals surface area contributed by atoms with Crippen molar-refractivity contribution in [3.8, 4) is 0 Å². The number of aryl methyl sites for hydroxylation is 1. The Hall–Kier alpha value is -3.91. The van der Waals surface area contributed by atoms with Gasteiger partial charge in [-0.25, -0.2) is 9.59 Å². The molecule has 3 rings (SSSR count). The molecule has 1 amide bonds. The highest BCUT2D eigenvalue weighted by Gasteiger charge is 2.15. The molecule has 0 aliphatic rings. The van der Waals surface area contributed by atoms with Crippen LogP contribution < -0.4 is 5.32 Å². The van der Waals surface area contributed by atoms with Gasteiger partial charge in [0.1, 0.15) is 0 Å². The van der Waals surface area contributed by atoms with Crippen molar-refractivity contribution in [1.82, 2.24) is 9.78 Å². The second-order valence-corrected chi connectivity index (χ2v) is 7.77. The topological polar surface area (TPSA) is 99.5 Å². The molecule has 0 radical (unpaired) electrons. The van der Waals surface area contributed by atoms with Crippen molar-refractivity contribution >= 4 is 41.2 Å². The molecule has 0 unspecified atom stereocenters. The zero-order valence-corrected chi connectivity index (χ0v) is 19.8. The Morgan fingerprint density at radius 3 is 2.53 bits per heavy atom. The highest BCUT2D eigenvalue weighted by atomic mass is 35.5. The minimum atomic E-state index is -0.686. The number of esters is 2. The quantitative estimate of drug-likeness (QED) is 0.382. The van der Waals surface area contributed by atoms with Gasteiger partial charge in [-0.2, -0.15) is 5.10 Å². The number of aromatic nitrogens is 2. The smallest absolute Gasteiger partial charge is 0.339 e. The molecule has 0 bridgehead atoms. The van der Waals surface area contributed by atoms with E-state index in [0.29, 0.717) is 11.6 Å². The third-order valence-corrected chi connectivity index (χ3v) is 5.42. The summed E-state index contributed by atoms with van der Waals surface area (Å²) in [6.07, 6.45) is 2.85. The van der Waals surface area contributed by atoms with Crippen LogP contribution in [0.2, 0.25) is 5.02 Å². The summed E-state index contributed by atoms with van der Waals surface area (Å²) in [4.78, 5) is 36.1. The number of nitrogens with one attached hydrogen (secondary N) is 1. The number of para-hydroxylation sites is 1. The molecule has 3 aromatic rings. The number of hydrogen-bond acceptors (Lipinski definition) is 6. The van der Waals surface area contributed by atoms with E-state index in [-0.39, 0.29) is 11.3 Å². The summed E-state index contributed by atoms with van der Waals surface area (Å²) in [5, 5.41) is 7.72. The molecular formula is C25H24ClN3O5. The third kappa shape index (κ3) is 6.11. The molecule has 0 spiro atoms. The van der Waals surface area contributed by atoms with Crippen LogP contribution in [0.25, 0.3) is 6.08 Å². The van der Waals surface area contributed by atoms with Gasteiger partial charge in [-0.1, -0.05) is 41.9 Å². The van der Waals surface area contributed by atoms with Gasteiger partial charge >= 0.3 is 11.9 Å². The predicted molar refractivity (Wildman–Crippen MR) is 129 cm³/mol. The molecule has 0 atom stereocenters. The zero-order valence-electron chi connectivity index (χ0n) is 19.0. The molecule has 1 N–H and O–H groups in total. The van der Waals surface area contributed by atoms with Crippen LogP contribution >= 0.6 is 11.6 Å². The maximum atomic E-state index is 12.2. The van der Waals surface area contributed by atoms with Gasteiger partial charge < -0.3 is 14.8 Å². The van der Waals surface area contributed by atoms with Gasteiger partial charge in [-0.05, 0) is 43.7 Å². The van der Waals surface area contributed by atoms with Crippen molar-refractivity contribution in [1.29, 1.82) is 0 Å². The number of amides is 1. The SMILES string of the molecule is COC(=O)c1ccccc1NC(=O)COC(=O)/C=C/c1c(C)nn(Cc2ccccc2Cl)c1C. The number of nitrogens with zero attached hydrogens (tertiary/aromatic N) is 2. The van der Waals surface area contributed by atoms with Gasteiger partial charge in [0, 0.05) is 22.4 Å². The van der Waals surface area contributed by atoms with E-state index >= 15 is 0 Å². The molecular weight excluding hydrogens is 458 g/mol. The Bertz CT molecular complexity index is 1250. The lowest BCUT2D eigenvalue weighted by Crippen LogP contribution is -2.21. The summed E-state index contributed by atoms with van der Waals surface area (Å²) in [5.41, 5.74) is 3.78. The first-order valence-electron chi connectivity index (χ1n) is 10.4. The minimum Gasteiger partial charge on any atom is -0.465 e. The van der Waals surface area contributed by atoms with Crippen molar-refractivity contribution in [2.75, 3.05) is 19.0 Å². The number of ether oxygens (including phenoxy) is 2. The van der Waals surface area contributed by atoms with Gasteiger partial charge in [0.05, 0.1) is 30.6 Å². The van der Waals surface area contributed by atoms with Crippen LogP contribution in [-0.4, -0.2) is 41.3 Å². The van der Waals surface area contributed by atoms with E-state index in [1.165, 1.54) is 19.3 Å². The second-order valence-electron chi connectivity index (χ2n) is 7.36. The van der Waals surface area contributed by atoms with Crippen LogP contribution in [0.4, 0.5) is 5.69 Å². The van der Waals surface area contributed by atoms with E-state index in [1.54, 1.807) is 24.3 Å². The summed E-state index contributed by atoms with van der Waals surface area (Å²) in [6.45, 7) is 3.72. The standard InChI is InChI=1S/C25H24ClN3O5/c1-16-19(17(2)29(28-16)14-18-8-4-6-10-21(18)26)12-13-24(31)34-15-23(30)27-22-11-7-5-9-20(22)25(32)33-3/h4-13H,14-15H2,1-3H3,(H,27,30)/b13-12+. The summed E-state index contributed by atoms with van der Waals surface area (Å²) >= 11 is 6.25. The number of anilines is 1. The van der Waals surface area contributed by atoms with Crippen molar-refractivity contribution in [2.45, 2.75) is 20.4 Å². The molecule has 34 heavy (non-hydrogen) atoms. The lowest BCUT2D eigenvalue weighted by atomic mass is 10.1. The summed E-state index contributed by atoms with van der Waals surface area (Å²) in [7, 11) is 1.25. The molecule has 9 heteroatoms. The third-order valence-electron chi connectivity index (χ3n) is 5.05. The maximum absolute atomic E-state index is 12.2. The number of hydrogen-bond donors (Lipinski definition) is 1.